The predicted octanol–water partition coefficient (Wildman–Crippen LogP) is -1.92. The smallest absolute Gasteiger partial charge is 1.00 e. The van der Waals surface area contributed by atoms with Gasteiger partial charge in [0.2, 0.25) is 0 Å². The van der Waals surface area contributed by atoms with E-state index in [1.165, 1.54) is 0 Å². The van der Waals surface area contributed by atoms with Crippen molar-refractivity contribution in [2.75, 3.05) is 0 Å². The fraction of sp³-hybridized carbons (Fsp3) is 0. The third-order valence-corrected chi connectivity index (χ3v) is 0.566. The standard InChI is InChI=1S/C5H5N.ClH.Ni/c1-2-4-6-5-3-1;;/h1-5H;1H;/q;;+2/p-1. The van der Waals surface area contributed by atoms with Crippen LogP contribution < -0.4 is 12.4 Å². The summed E-state index contributed by atoms with van der Waals surface area (Å²) in [5.41, 5.74) is 0. The summed E-state index contributed by atoms with van der Waals surface area (Å²) in [6.45, 7) is 0. The molecular formula is C5H5ClNNi+. The summed E-state index contributed by atoms with van der Waals surface area (Å²) < 4.78 is 0. The molecule has 0 N–H and O–H groups in total. The van der Waals surface area contributed by atoms with Gasteiger partial charge in [-0.25, -0.2) is 0 Å². The molecule has 0 saturated carbocycles. The van der Waals surface area contributed by atoms with Gasteiger partial charge in [0, 0.05) is 12.4 Å². The topological polar surface area (TPSA) is 12.9 Å². The molecule has 1 nitrogen and oxygen atoms in total. The summed E-state index contributed by atoms with van der Waals surface area (Å²) in [5, 5.41) is 0. The van der Waals surface area contributed by atoms with E-state index in [0.29, 0.717) is 0 Å². The van der Waals surface area contributed by atoms with E-state index in [9.17, 15) is 0 Å². The van der Waals surface area contributed by atoms with Crippen LogP contribution in [0.4, 0.5) is 0 Å². The van der Waals surface area contributed by atoms with Crippen molar-refractivity contribution in [1.29, 1.82) is 0 Å². The van der Waals surface area contributed by atoms with Gasteiger partial charge in [-0.3, -0.25) is 4.98 Å². The van der Waals surface area contributed by atoms with E-state index in [-0.39, 0.29) is 28.9 Å². The first kappa shape index (κ1) is 10.8. The Morgan fingerprint density at radius 1 is 0.875 bits per heavy atom. The van der Waals surface area contributed by atoms with Gasteiger partial charge >= 0.3 is 16.5 Å². The summed E-state index contributed by atoms with van der Waals surface area (Å²) in [5.74, 6) is 0. The van der Waals surface area contributed by atoms with Crippen LogP contribution in [0.3, 0.4) is 0 Å². The van der Waals surface area contributed by atoms with E-state index in [2.05, 4.69) is 4.98 Å². The van der Waals surface area contributed by atoms with Gasteiger partial charge in [-0.2, -0.15) is 0 Å². The van der Waals surface area contributed by atoms with Crippen molar-refractivity contribution in [2.24, 2.45) is 0 Å². The molecule has 0 spiro atoms. The molecular weight excluding hydrogens is 168 g/mol. The van der Waals surface area contributed by atoms with Crippen LogP contribution >= 0.6 is 0 Å². The SMILES string of the molecule is [Cl-].[Ni+2].c1ccncc1. The molecule has 1 heterocycles. The Morgan fingerprint density at radius 3 is 1.50 bits per heavy atom. The molecule has 1 aromatic rings. The quantitative estimate of drug-likeness (QED) is 0.417. The average Bonchev–Trinajstić information content (AvgIpc) is 1.72. The van der Waals surface area contributed by atoms with Gasteiger partial charge in [-0.15, -0.1) is 0 Å². The molecule has 0 unspecified atom stereocenters. The van der Waals surface area contributed by atoms with Crippen LogP contribution in [-0.2, 0) is 16.5 Å². The summed E-state index contributed by atoms with van der Waals surface area (Å²) in [6, 6.07) is 5.72. The van der Waals surface area contributed by atoms with E-state index in [4.69, 9.17) is 0 Å². The molecule has 46 valence electrons. The minimum Gasteiger partial charge on any atom is -1.00 e. The van der Waals surface area contributed by atoms with Gasteiger partial charge in [0.25, 0.3) is 0 Å². The van der Waals surface area contributed by atoms with Gasteiger partial charge in [-0.05, 0) is 12.1 Å². The fourth-order valence-electron chi connectivity index (χ4n) is 0.313. The second kappa shape index (κ2) is 6.93. The molecule has 0 amide bonds. The van der Waals surface area contributed by atoms with Crippen molar-refractivity contribution in [1.82, 2.24) is 4.98 Å². The average molecular weight is 173 g/mol. The molecule has 0 atom stereocenters. The van der Waals surface area contributed by atoms with Crippen molar-refractivity contribution in [3.63, 3.8) is 0 Å². The van der Waals surface area contributed by atoms with Gasteiger partial charge in [-0.1, -0.05) is 6.07 Å². The number of pyridine rings is 1. The van der Waals surface area contributed by atoms with Crippen LogP contribution in [0.25, 0.3) is 0 Å². The molecule has 0 bridgehead atoms. The molecule has 0 aromatic carbocycles. The Hall–Kier alpha value is -0.0665. The molecule has 0 aliphatic carbocycles. The van der Waals surface area contributed by atoms with Crippen molar-refractivity contribution >= 4 is 0 Å². The number of hydrogen-bond donors (Lipinski definition) is 0. The Morgan fingerprint density at radius 2 is 1.38 bits per heavy atom. The van der Waals surface area contributed by atoms with E-state index in [0.717, 1.165) is 0 Å². The minimum atomic E-state index is 0. The van der Waals surface area contributed by atoms with Gasteiger partial charge in [0.1, 0.15) is 0 Å². The van der Waals surface area contributed by atoms with Crippen LogP contribution in [0.1, 0.15) is 0 Å². The largest absolute Gasteiger partial charge is 2.00 e. The van der Waals surface area contributed by atoms with E-state index < -0.39 is 0 Å². The first-order valence-electron chi connectivity index (χ1n) is 1.85. The maximum atomic E-state index is 3.78. The molecule has 0 fully saturated rings. The predicted molar refractivity (Wildman–Crippen MR) is 24.2 cm³/mol. The molecule has 3 heteroatoms. The van der Waals surface area contributed by atoms with E-state index in [1.807, 2.05) is 18.2 Å². The monoisotopic (exact) mass is 172 g/mol. The maximum absolute atomic E-state index is 3.78. The van der Waals surface area contributed by atoms with Crippen molar-refractivity contribution < 1.29 is 28.9 Å². The van der Waals surface area contributed by atoms with Crippen LogP contribution in [-0.4, -0.2) is 4.98 Å². The Kier molecular flexibility index (Phi) is 9.39. The second-order valence-electron chi connectivity index (χ2n) is 1.02. The molecule has 0 aliphatic heterocycles. The molecule has 8 heavy (non-hydrogen) atoms. The van der Waals surface area contributed by atoms with Gasteiger partial charge < -0.3 is 12.4 Å². The Balaban J connectivity index is 0. The molecule has 1 aromatic heterocycles. The molecule has 0 aliphatic rings. The number of rotatable bonds is 0. The summed E-state index contributed by atoms with van der Waals surface area (Å²) in [7, 11) is 0. The number of nitrogens with zero attached hydrogens (tertiary/aromatic N) is 1. The number of hydrogen-bond acceptors (Lipinski definition) is 1. The first-order chi connectivity index (χ1) is 3.00. The minimum absolute atomic E-state index is 0. The van der Waals surface area contributed by atoms with Crippen molar-refractivity contribution in [3.8, 4) is 0 Å². The van der Waals surface area contributed by atoms with Crippen LogP contribution in [0.15, 0.2) is 30.6 Å². The van der Waals surface area contributed by atoms with Crippen molar-refractivity contribution in [2.45, 2.75) is 0 Å². The van der Waals surface area contributed by atoms with Crippen molar-refractivity contribution in [3.05, 3.63) is 30.6 Å². The number of aromatic nitrogens is 1. The van der Waals surface area contributed by atoms with Gasteiger partial charge in [0.05, 0.1) is 0 Å². The van der Waals surface area contributed by atoms with Crippen LogP contribution in [0.2, 0.25) is 0 Å². The zero-order valence-corrected chi connectivity index (χ0v) is 5.77. The normalized spacial score (nSPS) is 6.00. The number of halogens is 1. The fourth-order valence-corrected chi connectivity index (χ4v) is 0.313. The third-order valence-electron chi connectivity index (χ3n) is 0.566. The van der Waals surface area contributed by atoms with E-state index >= 15 is 0 Å². The summed E-state index contributed by atoms with van der Waals surface area (Å²) in [6.07, 6.45) is 3.50. The zero-order chi connectivity index (χ0) is 4.24. The summed E-state index contributed by atoms with van der Waals surface area (Å²) in [4.78, 5) is 3.78. The zero-order valence-electron chi connectivity index (χ0n) is 4.03. The third kappa shape index (κ3) is 4.10. The maximum Gasteiger partial charge on any atom is 2.00 e. The van der Waals surface area contributed by atoms with Crippen LogP contribution in [0, 0.1) is 0 Å². The van der Waals surface area contributed by atoms with Crippen LogP contribution in [0.5, 0.6) is 0 Å². The molecule has 1 rings (SSSR count). The Labute approximate surface area is 64.9 Å². The molecule has 0 radical (unpaired) electrons. The summed E-state index contributed by atoms with van der Waals surface area (Å²) >= 11 is 0. The van der Waals surface area contributed by atoms with Gasteiger partial charge in [0.15, 0.2) is 0 Å². The second-order valence-corrected chi connectivity index (χ2v) is 1.02. The first-order valence-corrected chi connectivity index (χ1v) is 1.85. The Bertz CT molecular complexity index is 84.4. The molecule has 0 saturated heterocycles. The van der Waals surface area contributed by atoms with E-state index in [1.54, 1.807) is 12.4 Å².